The van der Waals surface area contributed by atoms with Gasteiger partial charge in [-0.3, -0.25) is 0 Å². The Morgan fingerprint density at radius 3 is 1.52 bits per heavy atom. The van der Waals surface area contributed by atoms with Crippen LogP contribution < -0.4 is 0 Å². The van der Waals surface area contributed by atoms with Crippen LogP contribution in [0.15, 0.2) is 0 Å². The SMILES string of the molecule is CCCC(CC)C(C)CCC(CC)CCC(C)C(C)C(CC)C(C)C. The predicted molar refractivity (Wildman–Crippen MR) is 117 cm³/mol. The summed E-state index contributed by atoms with van der Waals surface area (Å²) in [6.07, 6.45) is 12.7. The van der Waals surface area contributed by atoms with Crippen LogP contribution in [0.4, 0.5) is 0 Å². The lowest BCUT2D eigenvalue weighted by molar-refractivity contribution is 0.180. The van der Waals surface area contributed by atoms with Crippen LogP contribution in [-0.4, -0.2) is 0 Å². The molecule has 0 heteroatoms. The van der Waals surface area contributed by atoms with Gasteiger partial charge in [-0.05, 0) is 41.4 Å². The molecule has 0 heterocycles. The van der Waals surface area contributed by atoms with Crippen molar-refractivity contribution in [2.75, 3.05) is 0 Å². The summed E-state index contributed by atoms with van der Waals surface area (Å²) in [5.41, 5.74) is 0. The van der Waals surface area contributed by atoms with Crippen LogP contribution in [0, 0.1) is 41.4 Å². The Morgan fingerprint density at radius 1 is 0.560 bits per heavy atom. The van der Waals surface area contributed by atoms with Gasteiger partial charge in [0, 0.05) is 0 Å². The van der Waals surface area contributed by atoms with Crippen molar-refractivity contribution in [1.29, 1.82) is 0 Å². The fraction of sp³-hybridized carbons (Fsp3) is 1.00. The van der Waals surface area contributed by atoms with Gasteiger partial charge in [0.2, 0.25) is 0 Å². The molecule has 152 valence electrons. The van der Waals surface area contributed by atoms with E-state index in [2.05, 4.69) is 62.3 Å². The molecular weight excluding hydrogens is 300 g/mol. The number of hydrogen-bond donors (Lipinski definition) is 0. The van der Waals surface area contributed by atoms with Crippen molar-refractivity contribution in [3.05, 3.63) is 0 Å². The maximum absolute atomic E-state index is 2.51. The fourth-order valence-corrected chi connectivity index (χ4v) is 5.18. The fourth-order valence-electron chi connectivity index (χ4n) is 5.18. The standard InChI is InChI=1S/C25H52/c1-10-14-24(12-3)21(8)16-18-23(11-2)17-15-20(7)22(9)25(13-4)19(5)6/h19-25H,10-18H2,1-9H3. The second kappa shape index (κ2) is 14.1. The van der Waals surface area contributed by atoms with Crippen molar-refractivity contribution in [3.63, 3.8) is 0 Å². The van der Waals surface area contributed by atoms with Gasteiger partial charge in [-0.25, -0.2) is 0 Å². The summed E-state index contributed by atoms with van der Waals surface area (Å²) in [7, 11) is 0. The van der Waals surface area contributed by atoms with E-state index in [1.54, 1.807) is 0 Å². The molecule has 0 nitrogen and oxygen atoms in total. The molecule has 0 aromatic heterocycles. The molecule has 0 saturated heterocycles. The van der Waals surface area contributed by atoms with Crippen molar-refractivity contribution >= 4 is 0 Å². The second-order valence-electron chi connectivity index (χ2n) is 9.52. The molecule has 6 atom stereocenters. The van der Waals surface area contributed by atoms with E-state index in [1.807, 2.05) is 0 Å². The van der Waals surface area contributed by atoms with Gasteiger partial charge in [-0.2, -0.15) is 0 Å². The molecule has 0 fully saturated rings. The summed E-state index contributed by atoms with van der Waals surface area (Å²) in [5, 5.41) is 0. The van der Waals surface area contributed by atoms with Crippen LogP contribution in [0.1, 0.15) is 120 Å². The van der Waals surface area contributed by atoms with Crippen LogP contribution in [0.5, 0.6) is 0 Å². The van der Waals surface area contributed by atoms with Gasteiger partial charge in [0.15, 0.2) is 0 Å². The van der Waals surface area contributed by atoms with Crippen LogP contribution in [0.25, 0.3) is 0 Å². The van der Waals surface area contributed by atoms with E-state index in [4.69, 9.17) is 0 Å². The largest absolute Gasteiger partial charge is 0.0654 e. The van der Waals surface area contributed by atoms with E-state index in [9.17, 15) is 0 Å². The van der Waals surface area contributed by atoms with Gasteiger partial charge in [-0.1, -0.05) is 120 Å². The highest BCUT2D eigenvalue weighted by atomic mass is 14.3. The highest BCUT2D eigenvalue weighted by Gasteiger charge is 2.24. The maximum atomic E-state index is 2.51. The lowest BCUT2D eigenvalue weighted by Crippen LogP contribution is -2.23. The van der Waals surface area contributed by atoms with E-state index in [0.29, 0.717) is 0 Å². The molecule has 25 heavy (non-hydrogen) atoms. The smallest absolute Gasteiger partial charge is 0.0365 e. The third kappa shape index (κ3) is 9.48. The van der Waals surface area contributed by atoms with Crippen LogP contribution >= 0.6 is 0 Å². The first-order chi connectivity index (χ1) is 11.8. The molecule has 0 bridgehead atoms. The topological polar surface area (TPSA) is 0 Å². The quantitative estimate of drug-likeness (QED) is 0.276. The van der Waals surface area contributed by atoms with Crippen LogP contribution in [-0.2, 0) is 0 Å². The molecule has 0 rings (SSSR count). The summed E-state index contributed by atoms with van der Waals surface area (Å²) < 4.78 is 0. The number of rotatable bonds is 15. The van der Waals surface area contributed by atoms with Crippen molar-refractivity contribution in [2.24, 2.45) is 41.4 Å². The van der Waals surface area contributed by atoms with Crippen molar-refractivity contribution in [3.8, 4) is 0 Å². The van der Waals surface area contributed by atoms with Crippen molar-refractivity contribution in [1.82, 2.24) is 0 Å². The Labute approximate surface area is 161 Å². The third-order valence-electron chi connectivity index (χ3n) is 7.53. The molecule has 0 aliphatic heterocycles. The lowest BCUT2D eigenvalue weighted by atomic mass is 9.74. The molecule has 0 aliphatic carbocycles. The average molecular weight is 353 g/mol. The minimum Gasteiger partial charge on any atom is -0.0654 e. The second-order valence-corrected chi connectivity index (χ2v) is 9.52. The van der Waals surface area contributed by atoms with Gasteiger partial charge in [0.1, 0.15) is 0 Å². The average Bonchev–Trinajstić information content (AvgIpc) is 2.59. The Balaban J connectivity index is 4.36. The van der Waals surface area contributed by atoms with Crippen LogP contribution in [0.3, 0.4) is 0 Å². The molecule has 0 aliphatic rings. The zero-order chi connectivity index (χ0) is 19.4. The molecule has 0 aromatic carbocycles. The first kappa shape index (κ1) is 25.0. The van der Waals surface area contributed by atoms with E-state index < -0.39 is 0 Å². The zero-order valence-electron chi connectivity index (χ0n) is 19.4. The van der Waals surface area contributed by atoms with Gasteiger partial charge in [-0.15, -0.1) is 0 Å². The summed E-state index contributed by atoms with van der Waals surface area (Å²) >= 11 is 0. The van der Waals surface area contributed by atoms with Gasteiger partial charge in [0.25, 0.3) is 0 Å². The Hall–Kier alpha value is 0. The summed E-state index contributed by atoms with van der Waals surface area (Å²) in [6, 6.07) is 0. The van der Waals surface area contributed by atoms with Crippen molar-refractivity contribution in [2.45, 2.75) is 120 Å². The minimum absolute atomic E-state index is 0.829. The van der Waals surface area contributed by atoms with Crippen LogP contribution in [0.2, 0.25) is 0 Å². The van der Waals surface area contributed by atoms with Gasteiger partial charge >= 0.3 is 0 Å². The van der Waals surface area contributed by atoms with Crippen molar-refractivity contribution < 1.29 is 0 Å². The summed E-state index contributed by atoms with van der Waals surface area (Å²) in [5.74, 6) is 6.30. The molecule has 0 aromatic rings. The van der Waals surface area contributed by atoms with E-state index in [-0.39, 0.29) is 0 Å². The predicted octanol–water partition coefficient (Wildman–Crippen LogP) is 8.99. The molecule has 6 unspecified atom stereocenters. The van der Waals surface area contributed by atoms with Gasteiger partial charge < -0.3 is 0 Å². The number of hydrogen-bond acceptors (Lipinski definition) is 0. The first-order valence-electron chi connectivity index (χ1n) is 11.8. The monoisotopic (exact) mass is 352 g/mol. The van der Waals surface area contributed by atoms with E-state index in [1.165, 1.54) is 57.8 Å². The zero-order valence-corrected chi connectivity index (χ0v) is 19.4. The highest BCUT2D eigenvalue weighted by molar-refractivity contribution is 4.75. The Morgan fingerprint density at radius 2 is 1.12 bits per heavy atom. The summed E-state index contributed by atoms with van der Waals surface area (Å²) in [6.45, 7) is 21.9. The molecule has 0 saturated carbocycles. The molecular formula is C25H52. The maximum Gasteiger partial charge on any atom is -0.0365 e. The lowest BCUT2D eigenvalue weighted by Gasteiger charge is -2.32. The Kier molecular flexibility index (Phi) is 14.1. The van der Waals surface area contributed by atoms with E-state index >= 15 is 0 Å². The van der Waals surface area contributed by atoms with E-state index in [0.717, 1.165) is 41.4 Å². The first-order valence-corrected chi connectivity index (χ1v) is 11.8. The molecule has 0 N–H and O–H groups in total. The normalized spacial score (nSPS) is 19.4. The minimum atomic E-state index is 0.829. The highest BCUT2D eigenvalue weighted by Crippen LogP contribution is 2.34. The van der Waals surface area contributed by atoms with Gasteiger partial charge in [0.05, 0.1) is 0 Å². The molecule has 0 radical (unpaired) electrons. The molecule has 0 spiro atoms. The third-order valence-corrected chi connectivity index (χ3v) is 7.53. The molecule has 0 amide bonds. The summed E-state index contributed by atoms with van der Waals surface area (Å²) in [4.78, 5) is 0. The Bertz CT molecular complexity index is 292.